The van der Waals surface area contributed by atoms with E-state index in [9.17, 15) is 13.2 Å². The maximum Gasteiger partial charge on any atom is 0.264 e. The Bertz CT molecular complexity index is 1220. The summed E-state index contributed by atoms with van der Waals surface area (Å²) in [5.41, 5.74) is 3.16. The summed E-state index contributed by atoms with van der Waals surface area (Å²) in [5.74, 6) is -0.246. The number of hydrogen-bond acceptors (Lipinski definition) is 5. The molecule has 0 aliphatic carbocycles. The van der Waals surface area contributed by atoms with Crippen LogP contribution in [0.1, 0.15) is 27.5 Å². The van der Waals surface area contributed by atoms with Gasteiger partial charge in [0, 0.05) is 32.2 Å². The number of nitrogens with zero attached hydrogens (tertiary/aromatic N) is 2. The van der Waals surface area contributed by atoms with Crippen LogP contribution in [0.5, 0.6) is 0 Å². The molecule has 1 atom stereocenters. The van der Waals surface area contributed by atoms with Crippen LogP contribution in [0.2, 0.25) is 0 Å². The Morgan fingerprint density at radius 1 is 0.971 bits per heavy atom. The van der Waals surface area contributed by atoms with Gasteiger partial charge in [0.2, 0.25) is 0 Å². The second kappa shape index (κ2) is 11.0. The molecule has 1 saturated heterocycles. The van der Waals surface area contributed by atoms with Crippen LogP contribution < -0.4 is 9.62 Å². The topological polar surface area (TPSA) is 79.0 Å². The summed E-state index contributed by atoms with van der Waals surface area (Å²) in [7, 11) is -2.22. The molecule has 0 bridgehead atoms. The van der Waals surface area contributed by atoms with Crippen molar-refractivity contribution in [3.8, 4) is 0 Å². The number of hydrogen-bond donors (Lipinski definition) is 1. The second-order valence-electron chi connectivity index (χ2n) is 8.68. The highest BCUT2D eigenvalue weighted by atomic mass is 32.2. The summed E-state index contributed by atoms with van der Waals surface area (Å²) >= 11 is 0. The minimum Gasteiger partial charge on any atom is -0.379 e. The summed E-state index contributed by atoms with van der Waals surface area (Å²) in [4.78, 5) is 15.5. The third-order valence-corrected chi connectivity index (χ3v) is 8.02. The lowest BCUT2D eigenvalue weighted by Gasteiger charge is -2.31. The molecular formula is C27H31N3O4S. The molecule has 1 heterocycles. The van der Waals surface area contributed by atoms with Gasteiger partial charge >= 0.3 is 0 Å². The molecule has 1 N–H and O–H groups in total. The predicted molar refractivity (Wildman–Crippen MR) is 137 cm³/mol. The maximum absolute atomic E-state index is 13.1. The lowest BCUT2D eigenvalue weighted by molar-refractivity contribution is 0.0332. The number of rotatable bonds is 8. The highest BCUT2D eigenvalue weighted by Gasteiger charge is 2.23. The summed E-state index contributed by atoms with van der Waals surface area (Å²) in [6, 6.07) is 22.9. The average molecular weight is 494 g/mol. The van der Waals surface area contributed by atoms with Gasteiger partial charge < -0.3 is 10.1 Å². The quantitative estimate of drug-likeness (QED) is 0.519. The van der Waals surface area contributed by atoms with Gasteiger partial charge in [-0.15, -0.1) is 0 Å². The first-order valence-corrected chi connectivity index (χ1v) is 13.1. The van der Waals surface area contributed by atoms with Gasteiger partial charge in [0.1, 0.15) is 0 Å². The molecule has 1 fully saturated rings. The number of anilines is 1. The zero-order valence-electron chi connectivity index (χ0n) is 20.1. The molecule has 3 aromatic carbocycles. The van der Waals surface area contributed by atoms with E-state index < -0.39 is 10.0 Å². The van der Waals surface area contributed by atoms with Crippen molar-refractivity contribution in [1.82, 2.24) is 10.2 Å². The Balaban J connectivity index is 1.50. The van der Waals surface area contributed by atoms with E-state index in [2.05, 4.69) is 10.2 Å². The maximum atomic E-state index is 13.1. The van der Waals surface area contributed by atoms with Crippen molar-refractivity contribution in [2.24, 2.45) is 0 Å². The van der Waals surface area contributed by atoms with E-state index in [0.717, 1.165) is 24.2 Å². The molecular weight excluding hydrogens is 462 g/mol. The Morgan fingerprint density at radius 2 is 1.60 bits per heavy atom. The van der Waals surface area contributed by atoms with Crippen molar-refractivity contribution in [2.75, 3.05) is 44.2 Å². The van der Waals surface area contributed by atoms with Crippen LogP contribution in [0.15, 0.2) is 83.8 Å². The lowest BCUT2D eigenvalue weighted by atomic mass is 10.0. The third kappa shape index (κ3) is 6.08. The van der Waals surface area contributed by atoms with Crippen LogP contribution >= 0.6 is 0 Å². The van der Waals surface area contributed by atoms with Gasteiger partial charge in [-0.2, -0.15) is 0 Å². The summed E-state index contributed by atoms with van der Waals surface area (Å²) in [6.45, 7) is 5.71. The van der Waals surface area contributed by atoms with Gasteiger partial charge in [-0.05, 0) is 48.9 Å². The largest absolute Gasteiger partial charge is 0.379 e. The van der Waals surface area contributed by atoms with Crippen molar-refractivity contribution < 1.29 is 17.9 Å². The van der Waals surface area contributed by atoms with E-state index in [-0.39, 0.29) is 16.8 Å². The minimum atomic E-state index is -3.74. The fourth-order valence-corrected chi connectivity index (χ4v) is 5.23. The van der Waals surface area contributed by atoms with Crippen molar-refractivity contribution in [2.45, 2.75) is 17.9 Å². The van der Waals surface area contributed by atoms with Crippen LogP contribution in [0.4, 0.5) is 5.69 Å². The summed E-state index contributed by atoms with van der Waals surface area (Å²) in [5, 5.41) is 3.14. The van der Waals surface area contributed by atoms with Gasteiger partial charge in [0.25, 0.3) is 15.9 Å². The molecule has 4 rings (SSSR count). The number of aryl methyl sites for hydroxylation is 1. The highest BCUT2D eigenvalue weighted by Crippen LogP contribution is 2.22. The van der Waals surface area contributed by atoms with Crippen molar-refractivity contribution in [1.29, 1.82) is 0 Å². The Labute approximate surface area is 207 Å². The highest BCUT2D eigenvalue weighted by molar-refractivity contribution is 7.92. The predicted octanol–water partition coefficient (Wildman–Crippen LogP) is 3.62. The number of carbonyl (C=O) groups excluding carboxylic acids is 1. The molecule has 1 unspecified atom stereocenters. The number of nitrogens with one attached hydrogen (secondary N) is 1. The fraction of sp³-hybridized carbons (Fsp3) is 0.296. The summed E-state index contributed by atoms with van der Waals surface area (Å²) < 4.78 is 32.8. The molecule has 7 nitrogen and oxygen atoms in total. The van der Waals surface area contributed by atoms with E-state index in [1.807, 2.05) is 37.3 Å². The fourth-order valence-electron chi connectivity index (χ4n) is 4.03. The number of ether oxygens (including phenoxy) is 1. The lowest BCUT2D eigenvalue weighted by Crippen LogP contribution is -2.43. The molecule has 184 valence electrons. The van der Waals surface area contributed by atoms with E-state index in [4.69, 9.17) is 4.74 Å². The van der Waals surface area contributed by atoms with Crippen molar-refractivity contribution in [3.63, 3.8) is 0 Å². The monoisotopic (exact) mass is 493 g/mol. The van der Waals surface area contributed by atoms with Crippen molar-refractivity contribution in [3.05, 3.63) is 95.6 Å². The zero-order chi connectivity index (χ0) is 24.8. The Hall–Kier alpha value is -3.20. The van der Waals surface area contributed by atoms with Gasteiger partial charge in [0.05, 0.1) is 29.8 Å². The van der Waals surface area contributed by atoms with Gasteiger partial charge in [-0.3, -0.25) is 14.0 Å². The number of morpholine rings is 1. The van der Waals surface area contributed by atoms with Crippen molar-refractivity contribution >= 4 is 21.6 Å². The van der Waals surface area contributed by atoms with Crippen LogP contribution in [0, 0.1) is 6.92 Å². The number of benzene rings is 3. The van der Waals surface area contributed by atoms with Gasteiger partial charge in [0.15, 0.2) is 0 Å². The van der Waals surface area contributed by atoms with E-state index >= 15 is 0 Å². The standard InChI is InChI=1S/C27H31N3O4S/c1-21-8-10-22(11-9-21)26(20-30-16-18-34-19-17-30)28-27(31)23-12-14-25(15-13-23)35(32,33)29(2)24-6-4-3-5-7-24/h3-15,26H,16-20H2,1-2H3,(H,28,31). The molecule has 0 saturated carbocycles. The molecule has 35 heavy (non-hydrogen) atoms. The molecule has 0 spiro atoms. The first kappa shape index (κ1) is 24.9. The smallest absolute Gasteiger partial charge is 0.264 e. The molecule has 1 aliphatic rings. The summed E-state index contributed by atoms with van der Waals surface area (Å²) in [6.07, 6.45) is 0. The van der Waals surface area contributed by atoms with E-state index in [0.29, 0.717) is 31.0 Å². The van der Waals surface area contributed by atoms with Crippen LogP contribution in [0.3, 0.4) is 0 Å². The minimum absolute atomic E-state index is 0.129. The molecule has 1 aliphatic heterocycles. The number of carbonyl (C=O) groups is 1. The van der Waals surface area contributed by atoms with Crippen LogP contribution in [-0.4, -0.2) is 59.1 Å². The second-order valence-corrected chi connectivity index (χ2v) is 10.7. The number of sulfonamides is 1. The average Bonchev–Trinajstić information content (AvgIpc) is 2.89. The molecule has 8 heteroatoms. The number of amides is 1. The normalized spacial score (nSPS) is 15.4. The molecule has 0 aromatic heterocycles. The molecule has 3 aromatic rings. The molecule has 1 amide bonds. The third-order valence-electron chi connectivity index (χ3n) is 6.22. The van der Waals surface area contributed by atoms with E-state index in [1.54, 1.807) is 36.4 Å². The first-order chi connectivity index (χ1) is 16.8. The van der Waals surface area contributed by atoms with Gasteiger partial charge in [-0.25, -0.2) is 8.42 Å². The Kier molecular flexibility index (Phi) is 7.85. The Morgan fingerprint density at radius 3 is 2.23 bits per heavy atom. The van der Waals surface area contributed by atoms with Gasteiger partial charge in [-0.1, -0.05) is 48.0 Å². The zero-order valence-corrected chi connectivity index (χ0v) is 20.9. The first-order valence-electron chi connectivity index (χ1n) is 11.7. The van der Waals surface area contributed by atoms with E-state index in [1.165, 1.54) is 23.5 Å². The SMILES string of the molecule is Cc1ccc(C(CN2CCOCC2)NC(=O)c2ccc(S(=O)(=O)N(C)c3ccccc3)cc2)cc1. The van der Waals surface area contributed by atoms with Crippen LogP contribution in [0.25, 0.3) is 0 Å². The van der Waals surface area contributed by atoms with Crippen LogP contribution in [-0.2, 0) is 14.8 Å². The number of para-hydroxylation sites is 1. The molecule has 0 radical (unpaired) electrons.